The molecule has 1 amide bonds. The normalized spacial score (nSPS) is 11.9. The summed E-state index contributed by atoms with van der Waals surface area (Å²) in [7, 11) is 0. The Morgan fingerprint density at radius 3 is 2.47 bits per heavy atom. The zero-order valence-electron chi connectivity index (χ0n) is 18.6. The molecule has 7 heteroatoms. The van der Waals surface area contributed by atoms with Crippen molar-refractivity contribution in [1.29, 1.82) is 0 Å². The van der Waals surface area contributed by atoms with Crippen molar-refractivity contribution < 1.29 is 18.7 Å². The van der Waals surface area contributed by atoms with Crippen molar-refractivity contribution in [2.45, 2.75) is 20.0 Å². The van der Waals surface area contributed by atoms with E-state index in [0.29, 0.717) is 33.8 Å². The summed E-state index contributed by atoms with van der Waals surface area (Å²) in [5.41, 5.74) is 3.14. The number of para-hydroxylation sites is 2. The lowest BCUT2D eigenvalue weighted by molar-refractivity contribution is -0.123. The van der Waals surface area contributed by atoms with Crippen LogP contribution >= 0.6 is 0 Å². The molecule has 0 saturated heterocycles. The third-order valence-corrected chi connectivity index (χ3v) is 5.44. The zero-order chi connectivity index (χ0) is 23.7. The lowest BCUT2D eigenvalue weighted by atomic mass is 9.99. The van der Waals surface area contributed by atoms with Crippen molar-refractivity contribution in [2.24, 2.45) is 0 Å². The molecule has 1 unspecified atom stereocenters. The van der Waals surface area contributed by atoms with E-state index in [4.69, 9.17) is 9.15 Å². The van der Waals surface area contributed by atoms with Gasteiger partial charge in [-0.05, 0) is 55.6 Å². The molecule has 7 nitrogen and oxygen atoms in total. The van der Waals surface area contributed by atoms with Gasteiger partial charge in [0.2, 0.25) is 5.89 Å². The van der Waals surface area contributed by atoms with E-state index in [1.165, 1.54) is 6.92 Å². The summed E-state index contributed by atoms with van der Waals surface area (Å²) in [6.45, 7) is 3.35. The van der Waals surface area contributed by atoms with Gasteiger partial charge in [-0.25, -0.2) is 14.8 Å². The Hall–Kier alpha value is -4.52. The van der Waals surface area contributed by atoms with Gasteiger partial charge in [-0.2, -0.15) is 0 Å². The van der Waals surface area contributed by atoms with Crippen molar-refractivity contribution in [3.05, 3.63) is 90.1 Å². The minimum Gasteiger partial charge on any atom is -0.449 e. The van der Waals surface area contributed by atoms with E-state index < -0.39 is 18.0 Å². The monoisotopic (exact) mass is 451 g/mol. The van der Waals surface area contributed by atoms with Gasteiger partial charge in [0.05, 0.1) is 5.56 Å². The van der Waals surface area contributed by atoms with Crippen LogP contribution in [0.15, 0.2) is 83.3 Å². The molecule has 5 aromatic rings. The predicted molar refractivity (Wildman–Crippen MR) is 129 cm³/mol. The number of carbonyl (C=O) groups is 2. The molecule has 0 aliphatic rings. The number of nitrogens with one attached hydrogen (secondary N) is 1. The molecule has 0 saturated carbocycles. The molecule has 1 N–H and O–H groups in total. The third kappa shape index (κ3) is 4.11. The van der Waals surface area contributed by atoms with E-state index in [-0.39, 0.29) is 0 Å². The number of esters is 1. The molecule has 0 spiro atoms. The Balaban J connectivity index is 1.46. The number of aromatic nitrogens is 2. The van der Waals surface area contributed by atoms with Crippen LogP contribution in [-0.4, -0.2) is 27.9 Å². The van der Waals surface area contributed by atoms with Crippen molar-refractivity contribution in [2.75, 3.05) is 5.32 Å². The van der Waals surface area contributed by atoms with E-state index >= 15 is 0 Å². The zero-order valence-corrected chi connectivity index (χ0v) is 18.6. The van der Waals surface area contributed by atoms with Crippen molar-refractivity contribution in [1.82, 2.24) is 9.97 Å². The summed E-state index contributed by atoms with van der Waals surface area (Å²) in [5, 5.41) is 4.15. The van der Waals surface area contributed by atoms with Crippen molar-refractivity contribution in [3.8, 4) is 11.5 Å². The number of amides is 1. The molecule has 0 bridgehead atoms. The molecule has 0 radical (unpaired) electrons. The van der Waals surface area contributed by atoms with Crippen LogP contribution in [0.2, 0.25) is 0 Å². The van der Waals surface area contributed by atoms with Gasteiger partial charge in [0.25, 0.3) is 5.91 Å². The molecule has 0 aliphatic heterocycles. The quantitative estimate of drug-likeness (QED) is 0.353. The number of carbonyl (C=O) groups excluding carboxylic acids is 2. The molecule has 2 aromatic heterocycles. The Bertz CT molecular complexity index is 1500. The standard InChI is InChI=1S/C27H21N3O4/c1-16-8-5-15-23(28-16)30-25(31)17(2)33-27(32)20-12-7-10-18-9-6-11-19(24(18)20)26-29-21-13-3-4-14-22(21)34-26/h3-15,17H,1-2H3,(H,28,30,31). The maximum atomic E-state index is 13.2. The first kappa shape index (κ1) is 21.3. The van der Waals surface area contributed by atoms with Gasteiger partial charge in [0.15, 0.2) is 11.7 Å². The maximum Gasteiger partial charge on any atom is 0.339 e. The Labute approximate surface area is 195 Å². The lowest BCUT2D eigenvalue weighted by Crippen LogP contribution is -2.30. The van der Waals surface area contributed by atoms with E-state index in [2.05, 4.69) is 15.3 Å². The van der Waals surface area contributed by atoms with E-state index in [0.717, 1.165) is 16.6 Å². The van der Waals surface area contributed by atoms with Crippen LogP contribution in [0.25, 0.3) is 33.3 Å². The van der Waals surface area contributed by atoms with Crippen molar-refractivity contribution in [3.63, 3.8) is 0 Å². The molecule has 3 aromatic carbocycles. The first-order valence-electron chi connectivity index (χ1n) is 10.8. The molecule has 0 fully saturated rings. The molecule has 168 valence electrons. The molecule has 5 rings (SSSR count). The Kier molecular flexibility index (Phi) is 5.51. The smallest absolute Gasteiger partial charge is 0.339 e. The molecule has 1 atom stereocenters. The van der Waals surface area contributed by atoms with Crippen molar-refractivity contribution >= 4 is 39.6 Å². The summed E-state index contributed by atoms with van der Waals surface area (Å²) < 4.78 is 11.5. The summed E-state index contributed by atoms with van der Waals surface area (Å²) in [4.78, 5) is 34.6. The highest BCUT2D eigenvalue weighted by Crippen LogP contribution is 2.33. The van der Waals surface area contributed by atoms with Crippen LogP contribution in [0.3, 0.4) is 0 Å². The molecular weight excluding hydrogens is 430 g/mol. The summed E-state index contributed by atoms with van der Waals surface area (Å²) in [6.07, 6.45) is -1.03. The number of rotatable bonds is 5. The SMILES string of the molecule is Cc1cccc(NC(=O)C(C)OC(=O)c2cccc3cccc(-c4nc5ccccc5o4)c23)n1. The highest BCUT2D eigenvalue weighted by Gasteiger charge is 2.23. The minimum atomic E-state index is -1.03. The van der Waals surface area contributed by atoms with Crippen LogP contribution in [0.1, 0.15) is 23.0 Å². The highest BCUT2D eigenvalue weighted by atomic mass is 16.5. The van der Waals surface area contributed by atoms with Crippen LogP contribution < -0.4 is 5.32 Å². The summed E-state index contributed by atoms with van der Waals surface area (Å²) in [5.74, 6) is -0.278. The fraction of sp³-hybridized carbons (Fsp3) is 0.111. The van der Waals surface area contributed by atoms with Crippen LogP contribution in [0.4, 0.5) is 5.82 Å². The number of benzene rings is 3. The van der Waals surface area contributed by atoms with Gasteiger partial charge in [-0.15, -0.1) is 0 Å². The number of ether oxygens (including phenoxy) is 1. The van der Waals surface area contributed by atoms with E-state index in [1.807, 2.05) is 61.5 Å². The maximum absolute atomic E-state index is 13.2. The van der Waals surface area contributed by atoms with Crippen LogP contribution in [0, 0.1) is 6.92 Å². The molecule has 34 heavy (non-hydrogen) atoms. The number of hydrogen-bond acceptors (Lipinski definition) is 6. The number of fused-ring (bicyclic) bond motifs is 2. The second kappa shape index (κ2) is 8.78. The minimum absolute atomic E-state index is 0.323. The predicted octanol–water partition coefficient (Wildman–Crippen LogP) is 5.54. The van der Waals surface area contributed by atoms with Gasteiger partial charge in [0.1, 0.15) is 11.3 Å². The first-order valence-corrected chi connectivity index (χ1v) is 10.8. The van der Waals surface area contributed by atoms with Gasteiger partial charge in [0, 0.05) is 16.6 Å². The van der Waals surface area contributed by atoms with Gasteiger partial charge in [-0.1, -0.05) is 42.5 Å². The second-order valence-electron chi connectivity index (χ2n) is 7.90. The average Bonchev–Trinajstić information content (AvgIpc) is 3.27. The fourth-order valence-corrected chi connectivity index (χ4v) is 3.79. The molecule has 2 heterocycles. The number of pyridine rings is 1. The Morgan fingerprint density at radius 2 is 1.68 bits per heavy atom. The first-order chi connectivity index (χ1) is 16.5. The number of aryl methyl sites for hydroxylation is 1. The summed E-state index contributed by atoms with van der Waals surface area (Å²) in [6, 6.07) is 23.7. The fourth-order valence-electron chi connectivity index (χ4n) is 3.79. The number of anilines is 1. The number of nitrogens with zero attached hydrogens (tertiary/aromatic N) is 2. The van der Waals surface area contributed by atoms with E-state index in [9.17, 15) is 9.59 Å². The van der Waals surface area contributed by atoms with Crippen LogP contribution in [0.5, 0.6) is 0 Å². The number of hydrogen-bond donors (Lipinski definition) is 1. The average molecular weight is 451 g/mol. The van der Waals surface area contributed by atoms with Gasteiger partial charge < -0.3 is 14.5 Å². The van der Waals surface area contributed by atoms with Gasteiger partial charge >= 0.3 is 5.97 Å². The topological polar surface area (TPSA) is 94.3 Å². The van der Waals surface area contributed by atoms with E-state index in [1.54, 1.807) is 24.3 Å². The van der Waals surface area contributed by atoms with Crippen LogP contribution in [-0.2, 0) is 9.53 Å². The molecular formula is C27H21N3O4. The third-order valence-electron chi connectivity index (χ3n) is 5.44. The highest BCUT2D eigenvalue weighted by molar-refractivity contribution is 6.10. The molecule has 0 aliphatic carbocycles. The number of oxazole rings is 1. The lowest BCUT2D eigenvalue weighted by Gasteiger charge is -2.15. The second-order valence-corrected chi connectivity index (χ2v) is 7.90. The summed E-state index contributed by atoms with van der Waals surface area (Å²) >= 11 is 0. The largest absolute Gasteiger partial charge is 0.449 e. The Morgan fingerprint density at radius 1 is 0.912 bits per heavy atom. The van der Waals surface area contributed by atoms with Gasteiger partial charge in [-0.3, -0.25) is 4.79 Å².